The van der Waals surface area contributed by atoms with Gasteiger partial charge in [0, 0.05) is 19.8 Å². The highest BCUT2D eigenvalue weighted by molar-refractivity contribution is 7.91. The summed E-state index contributed by atoms with van der Waals surface area (Å²) in [4.78, 5) is -0.0856. The smallest absolute Gasteiger partial charge is 0.229 e. The molecule has 0 saturated carbocycles. The van der Waals surface area contributed by atoms with Crippen LogP contribution in [0.15, 0.2) is 23.1 Å². The third-order valence-electron chi connectivity index (χ3n) is 2.55. The first kappa shape index (κ1) is 16.9. The van der Waals surface area contributed by atoms with E-state index >= 15 is 0 Å². The van der Waals surface area contributed by atoms with Crippen LogP contribution >= 0.6 is 11.6 Å². The molecule has 110 valence electrons. The van der Waals surface area contributed by atoms with Crippen LogP contribution in [0, 0.1) is 11.3 Å². The lowest BCUT2D eigenvalue weighted by Gasteiger charge is -2.16. The fourth-order valence-corrected chi connectivity index (χ4v) is 3.55. The SMILES string of the molecule is CN(CCS(C)(=O)=O)S(=O)(=O)c1ccc(C#N)c(Cl)c1. The molecular formula is C11H13ClN2O4S2. The van der Waals surface area contributed by atoms with Crippen molar-refractivity contribution in [1.29, 1.82) is 5.26 Å². The minimum absolute atomic E-state index is 0.0325. The molecule has 0 unspecified atom stereocenters. The Balaban J connectivity index is 3.05. The summed E-state index contributed by atoms with van der Waals surface area (Å²) >= 11 is 5.79. The number of sulfonamides is 1. The van der Waals surface area contributed by atoms with Crippen molar-refractivity contribution in [1.82, 2.24) is 4.31 Å². The molecule has 0 saturated heterocycles. The van der Waals surface area contributed by atoms with Gasteiger partial charge in [-0.2, -0.15) is 9.57 Å². The standard InChI is InChI=1S/C11H13ClN2O4S2/c1-14(5-6-19(2,15)16)20(17,18)10-4-3-9(8-13)11(12)7-10/h3-4,7H,5-6H2,1-2H3. The number of sulfone groups is 1. The van der Waals surface area contributed by atoms with Crippen LogP contribution in [0.2, 0.25) is 5.02 Å². The van der Waals surface area contributed by atoms with Gasteiger partial charge >= 0.3 is 0 Å². The molecule has 1 rings (SSSR count). The van der Waals surface area contributed by atoms with Gasteiger partial charge in [-0.25, -0.2) is 16.8 Å². The molecule has 6 nitrogen and oxygen atoms in total. The average Bonchev–Trinajstić information content (AvgIpc) is 2.34. The average molecular weight is 337 g/mol. The van der Waals surface area contributed by atoms with Gasteiger partial charge in [0.15, 0.2) is 0 Å². The van der Waals surface area contributed by atoms with Gasteiger partial charge in [0.05, 0.1) is 21.2 Å². The third-order valence-corrected chi connectivity index (χ3v) is 5.64. The van der Waals surface area contributed by atoms with E-state index < -0.39 is 19.9 Å². The van der Waals surface area contributed by atoms with Crippen molar-refractivity contribution in [2.24, 2.45) is 0 Å². The molecule has 1 aromatic carbocycles. The second-order valence-corrected chi connectivity index (χ2v) is 8.92. The van der Waals surface area contributed by atoms with Crippen LogP contribution in [0.5, 0.6) is 0 Å². The van der Waals surface area contributed by atoms with Crippen LogP contribution in [-0.2, 0) is 19.9 Å². The first-order valence-corrected chi connectivity index (χ1v) is 9.29. The van der Waals surface area contributed by atoms with Gasteiger partial charge in [-0.3, -0.25) is 0 Å². The van der Waals surface area contributed by atoms with Gasteiger partial charge in [-0.1, -0.05) is 11.6 Å². The van der Waals surface area contributed by atoms with E-state index in [0.29, 0.717) is 0 Å². The van der Waals surface area contributed by atoms with Crippen molar-refractivity contribution in [3.05, 3.63) is 28.8 Å². The van der Waals surface area contributed by atoms with Gasteiger partial charge < -0.3 is 0 Å². The summed E-state index contributed by atoms with van der Waals surface area (Å²) in [5.41, 5.74) is 0.171. The van der Waals surface area contributed by atoms with Crippen molar-refractivity contribution in [2.75, 3.05) is 25.6 Å². The largest absolute Gasteiger partial charge is 0.242 e. The molecule has 0 atom stereocenters. The molecule has 0 heterocycles. The van der Waals surface area contributed by atoms with Crippen LogP contribution in [-0.4, -0.2) is 46.7 Å². The van der Waals surface area contributed by atoms with Crippen LogP contribution in [0.3, 0.4) is 0 Å². The predicted molar refractivity (Wildman–Crippen MR) is 75.7 cm³/mol. The number of nitriles is 1. The topological polar surface area (TPSA) is 95.3 Å². The van der Waals surface area contributed by atoms with Crippen molar-refractivity contribution in [2.45, 2.75) is 4.90 Å². The zero-order valence-electron chi connectivity index (χ0n) is 10.9. The van der Waals surface area contributed by atoms with Gasteiger partial charge in [-0.05, 0) is 18.2 Å². The zero-order valence-corrected chi connectivity index (χ0v) is 13.3. The fourth-order valence-electron chi connectivity index (χ4n) is 1.34. The summed E-state index contributed by atoms with van der Waals surface area (Å²) in [5.74, 6) is -0.271. The molecule has 1 aromatic rings. The first-order chi connectivity index (χ1) is 9.08. The second-order valence-electron chi connectivity index (χ2n) is 4.21. The van der Waals surface area contributed by atoms with E-state index in [2.05, 4.69) is 0 Å². The molecular weight excluding hydrogens is 324 g/mol. The molecule has 0 spiro atoms. The molecule has 0 bridgehead atoms. The van der Waals surface area contributed by atoms with E-state index in [4.69, 9.17) is 16.9 Å². The van der Waals surface area contributed by atoms with Crippen molar-refractivity contribution < 1.29 is 16.8 Å². The minimum atomic E-state index is -3.83. The Labute approximate surface area is 123 Å². The molecule has 0 aliphatic heterocycles. The quantitative estimate of drug-likeness (QED) is 0.795. The molecule has 0 aromatic heterocycles. The number of halogens is 1. The molecule has 0 N–H and O–H groups in total. The van der Waals surface area contributed by atoms with E-state index in [1.807, 2.05) is 6.07 Å². The van der Waals surface area contributed by atoms with Crippen LogP contribution in [0.25, 0.3) is 0 Å². The maximum atomic E-state index is 12.2. The lowest BCUT2D eigenvalue weighted by molar-refractivity contribution is 0.485. The number of rotatable bonds is 5. The van der Waals surface area contributed by atoms with E-state index in [1.165, 1.54) is 25.2 Å². The molecule has 9 heteroatoms. The van der Waals surface area contributed by atoms with E-state index in [9.17, 15) is 16.8 Å². The first-order valence-electron chi connectivity index (χ1n) is 5.41. The highest BCUT2D eigenvalue weighted by atomic mass is 35.5. The number of nitrogens with zero attached hydrogens (tertiary/aromatic N) is 2. The molecule has 0 aliphatic rings. The molecule has 0 radical (unpaired) electrons. The van der Waals surface area contributed by atoms with Crippen LogP contribution in [0.4, 0.5) is 0 Å². The lowest BCUT2D eigenvalue weighted by atomic mass is 10.2. The van der Waals surface area contributed by atoms with E-state index in [0.717, 1.165) is 10.6 Å². The molecule has 0 fully saturated rings. The normalized spacial score (nSPS) is 12.3. The minimum Gasteiger partial charge on any atom is -0.229 e. The second kappa shape index (κ2) is 6.10. The Morgan fingerprint density at radius 2 is 1.90 bits per heavy atom. The van der Waals surface area contributed by atoms with Gasteiger partial charge in [0.25, 0.3) is 0 Å². The van der Waals surface area contributed by atoms with Gasteiger partial charge in [-0.15, -0.1) is 0 Å². The summed E-state index contributed by atoms with van der Waals surface area (Å²) in [6.45, 7) is -0.154. The number of hydrogen-bond donors (Lipinski definition) is 0. The molecule has 20 heavy (non-hydrogen) atoms. The lowest BCUT2D eigenvalue weighted by Crippen LogP contribution is -2.31. The van der Waals surface area contributed by atoms with E-state index in [1.54, 1.807) is 0 Å². The predicted octanol–water partition coefficient (Wildman–Crippen LogP) is 0.877. The third kappa shape index (κ3) is 4.18. The highest BCUT2D eigenvalue weighted by Gasteiger charge is 2.22. The number of benzene rings is 1. The maximum absolute atomic E-state index is 12.2. The van der Waals surface area contributed by atoms with Crippen molar-refractivity contribution >= 4 is 31.5 Å². The summed E-state index contributed by atoms with van der Waals surface area (Å²) in [6.07, 6.45) is 1.03. The fraction of sp³-hybridized carbons (Fsp3) is 0.364. The number of hydrogen-bond acceptors (Lipinski definition) is 5. The van der Waals surface area contributed by atoms with Crippen LogP contribution in [0.1, 0.15) is 5.56 Å². The summed E-state index contributed by atoms with van der Waals surface area (Å²) in [5, 5.41) is 8.77. The van der Waals surface area contributed by atoms with Gasteiger partial charge in [0.2, 0.25) is 10.0 Å². The molecule has 0 amide bonds. The highest BCUT2D eigenvalue weighted by Crippen LogP contribution is 2.22. The maximum Gasteiger partial charge on any atom is 0.242 e. The summed E-state index contributed by atoms with van der Waals surface area (Å²) in [6, 6.07) is 5.57. The molecule has 0 aliphatic carbocycles. The Kier molecular flexibility index (Phi) is 5.15. The zero-order chi connectivity index (χ0) is 15.6. The monoisotopic (exact) mass is 336 g/mol. The van der Waals surface area contributed by atoms with Crippen LogP contribution < -0.4 is 0 Å². The van der Waals surface area contributed by atoms with Gasteiger partial charge in [0.1, 0.15) is 15.9 Å². The Bertz CT molecular complexity index is 751. The van der Waals surface area contributed by atoms with Crippen molar-refractivity contribution in [3.8, 4) is 6.07 Å². The summed E-state index contributed by atoms with van der Waals surface area (Å²) < 4.78 is 47.4. The van der Waals surface area contributed by atoms with E-state index in [-0.39, 0.29) is 27.8 Å². The van der Waals surface area contributed by atoms with Crippen molar-refractivity contribution in [3.63, 3.8) is 0 Å². The summed E-state index contributed by atoms with van der Waals surface area (Å²) in [7, 11) is -5.81. The Morgan fingerprint density at radius 1 is 1.30 bits per heavy atom. The Hall–Kier alpha value is -1.14. The Morgan fingerprint density at radius 3 is 2.35 bits per heavy atom.